The molecule has 0 aromatic carbocycles. The van der Waals surface area contributed by atoms with Crippen LogP contribution in [0.5, 0.6) is 0 Å². The second-order valence-corrected chi connectivity index (χ2v) is 4.80. The molecule has 1 fully saturated rings. The molecule has 2 heterocycles. The van der Waals surface area contributed by atoms with E-state index < -0.39 is 41.3 Å². The third-order valence-electron chi connectivity index (χ3n) is 3.14. The molecule has 0 aliphatic carbocycles. The molecule has 0 spiro atoms. The Morgan fingerprint density at radius 3 is 2.73 bits per heavy atom. The van der Waals surface area contributed by atoms with Crippen molar-refractivity contribution in [3.8, 4) is 0 Å². The first-order chi connectivity index (χ1) is 10.2. The number of halogens is 3. The number of alkyl halides is 3. The van der Waals surface area contributed by atoms with Crippen LogP contribution >= 0.6 is 0 Å². The van der Waals surface area contributed by atoms with Crippen molar-refractivity contribution < 1.29 is 27.4 Å². The Bertz CT molecular complexity index is 679. The highest BCUT2D eigenvalue weighted by molar-refractivity contribution is 5.65. The average molecular weight is 322 g/mol. The number of hydrogen-bond donors (Lipinski definition) is 1. The highest BCUT2D eigenvalue weighted by Crippen LogP contribution is 2.30. The lowest BCUT2D eigenvalue weighted by Crippen LogP contribution is -2.36. The summed E-state index contributed by atoms with van der Waals surface area (Å²) in [5, 5.41) is 0. The van der Waals surface area contributed by atoms with E-state index in [1.54, 1.807) is 4.98 Å². The van der Waals surface area contributed by atoms with Gasteiger partial charge in [-0.3, -0.25) is 19.1 Å². The van der Waals surface area contributed by atoms with E-state index in [0.717, 1.165) is 0 Å². The summed E-state index contributed by atoms with van der Waals surface area (Å²) in [7, 11) is 0. The number of carbonyl (C=O) groups is 1. The molecular formula is C12H13F3N2O5. The SMILES string of the molecule is CC(=O)OC[C@@H]1CC[C@H](n2cc(C(F)(F)F)c(=O)[nH]c2=O)O1. The van der Waals surface area contributed by atoms with E-state index in [0.29, 0.717) is 17.2 Å². The molecule has 0 unspecified atom stereocenters. The van der Waals surface area contributed by atoms with E-state index in [4.69, 9.17) is 9.47 Å². The fourth-order valence-electron chi connectivity index (χ4n) is 2.13. The summed E-state index contributed by atoms with van der Waals surface area (Å²) >= 11 is 0. The quantitative estimate of drug-likeness (QED) is 0.831. The maximum atomic E-state index is 12.7. The predicted molar refractivity (Wildman–Crippen MR) is 66.1 cm³/mol. The molecule has 1 aromatic rings. The van der Waals surface area contributed by atoms with Crippen LogP contribution in [0, 0.1) is 0 Å². The highest BCUT2D eigenvalue weighted by atomic mass is 19.4. The van der Waals surface area contributed by atoms with Crippen molar-refractivity contribution in [1.29, 1.82) is 0 Å². The standard InChI is InChI=1S/C12H13F3N2O5/c1-6(18)21-5-7-2-3-9(22-7)17-4-8(12(13,14)15)10(19)16-11(17)20/h4,7,9H,2-3,5H2,1H3,(H,16,19,20)/t7-,9+/m0/s1. The number of carbonyl (C=O) groups excluding carboxylic acids is 1. The Balaban J connectivity index is 2.22. The van der Waals surface area contributed by atoms with Gasteiger partial charge in [-0.15, -0.1) is 0 Å². The average Bonchev–Trinajstić information content (AvgIpc) is 2.83. The summed E-state index contributed by atoms with van der Waals surface area (Å²) in [4.78, 5) is 35.2. The van der Waals surface area contributed by atoms with Crippen molar-refractivity contribution >= 4 is 5.97 Å². The highest BCUT2D eigenvalue weighted by Gasteiger charge is 2.36. The molecule has 22 heavy (non-hydrogen) atoms. The molecule has 0 amide bonds. The molecule has 1 aliphatic rings. The van der Waals surface area contributed by atoms with E-state index in [1.165, 1.54) is 6.92 Å². The summed E-state index contributed by atoms with van der Waals surface area (Å²) in [6.45, 7) is 1.17. The lowest BCUT2D eigenvalue weighted by Gasteiger charge is -2.17. The smallest absolute Gasteiger partial charge is 0.423 e. The van der Waals surface area contributed by atoms with Crippen LogP contribution < -0.4 is 11.2 Å². The number of aromatic amines is 1. The topological polar surface area (TPSA) is 90.4 Å². The Kier molecular flexibility index (Phi) is 4.40. The van der Waals surface area contributed by atoms with E-state index >= 15 is 0 Å². The number of H-pyrrole nitrogens is 1. The summed E-state index contributed by atoms with van der Waals surface area (Å²) in [6.07, 6.45) is -5.23. The monoisotopic (exact) mass is 322 g/mol. The zero-order valence-corrected chi connectivity index (χ0v) is 11.5. The number of aromatic nitrogens is 2. The molecule has 0 radical (unpaired) electrons. The maximum absolute atomic E-state index is 12.7. The molecule has 2 atom stereocenters. The number of nitrogens with one attached hydrogen (secondary N) is 1. The number of nitrogens with zero attached hydrogens (tertiary/aromatic N) is 1. The van der Waals surface area contributed by atoms with Crippen LogP contribution in [0.25, 0.3) is 0 Å². The van der Waals surface area contributed by atoms with Gasteiger partial charge in [0.2, 0.25) is 0 Å². The van der Waals surface area contributed by atoms with Crippen LogP contribution in [0.1, 0.15) is 31.6 Å². The third-order valence-corrected chi connectivity index (χ3v) is 3.14. The van der Waals surface area contributed by atoms with Gasteiger partial charge in [-0.2, -0.15) is 13.2 Å². The Labute approximate surface area is 121 Å². The van der Waals surface area contributed by atoms with Gasteiger partial charge in [0.05, 0.1) is 6.10 Å². The molecule has 1 saturated heterocycles. The summed E-state index contributed by atoms with van der Waals surface area (Å²) < 4.78 is 48.9. The van der Waals surface area contributed by atoms with E-state index in [-0.39, 0.29) is 13.0 Å². The van der Waals surface area contributed by atoms with Crippen molar-refractivity contribution in [3.63, 3.8) is 0 Å². The van der Waals surface area contributed by atoms with Gasteiger partial charge in [0.15, 0.2) is 0 Å². The van der Waals surface area contributed by atoms with Crippen LogP contribution in [0.2, 0.25) is 0 Å². The summed E-state index contributed by atoms with van der Waals surface area (Å²) in [6, 6.07) is 0. The number of ether oxygens (including phenoxy) is 2. The fourth-order valence-corrected chi connectivity index (χ4v) is 2.13. The molecule has 0 bridgehead atoms. The Morgan fingerprint density at radius 1 is 1.45 bits per heavy atom. The van der Waals surface area contributed by atoms with Crippen molar-refractivity contribution in [2.75, 3.05) is 6.61 Å². The van der Waals surface area contributed by atoms with Gasteiger partial charge in [-0.1, -0.05) is 0 Å². The molecule has 7 nitrogen and oxygen atoms in total. The van der Waals surface area contributed by atoms with Crippen molar-refractivity contribution in [2.24, 2.45) is 0 Å². The minimum absolute atomic E-state index is 0.0456. The molecule has 122 valence electrons. The second kappa shape index (κ2) is 5.95. The van der Waals surface area contributed by atoms with Crippen molar-refractivity contribution in [2.45, 2.75) is 38.3 Å². The van der Waals surface area contributed by atoms with Gasteiger partial charge in [0.1, 0.15) is 18.4 Å². The van der Waals surface area contributed by atoms with Crippen molar-refractivity contribution in [3.05, 3.63) is 32.6 Å². The van der Waals surface area contributed by atoms with E-state index in [1.807, 2.05) is 0 Å². The zero-order chi connectivity index (χ0) is 16.5. The van der Waals surface area contributed by atoms with Gasteiger partial charge in [-0.05, 0) is 12.8 Å². The van der Waals surface area contributed by atoms with Crippen LogP contribution in [0.15, 0.2) is 15.8 Å². The van der Waals surface area contributed by atoms with Crippen LogP contribution in [0.3, 0.4) is 0 Å². The van der Waals surface area contributed by atoms with Gasteiger partial charge >= 0.3 is 17.8 Å². The fraction of sp³-hybridized carbons (Fsp3) is 0.583. The molecule has 10 heteroatoms. The van der Waals surface area contributed by atoms with E-state index in [2.05, 4.69) is 0 Å². The van der Waals surface area contributed by atoms with Crippen LogP contribution in [0.4, 0.5) is 13.2 Å². The molecule has 0 saturated carbocycles. The van der Waals surface area contributed by atoms with Gasteiger partial charge in [-0.25, -0.2) is 4.79 Å². The van der Waals surface area contributed by atoms with Gasteiger partial charge in [0.25, 0.3) is 5.56 Å². The summed E-state index contributed by atoms with van der Waals surface area (Å²) in [5.41, 5.74) is -3.96. The first kappa shape index (κ1) is 16.3. The molecule has 1 aromatic heterocycles. The molecule has 1 N–H and O–H groups in total. The predicted octanol–water partition coefficient (Wildman–Crippen LogP) is 0.796. The second-order valence-electron chi connectivity index (χ2n) is 4.80. The van der Waals surface area contributed by atoms with Crippen LogP contribution in [-0.4, -0.2) is 28.2 Å². The first-order valence-electron chi connectivity index (χ1n) is 6.40. The maximum Gasteiger partial charge on any atom is 0.423 e. The number of rotatable bonds is 3. The molecule has 1 aliphatic heterocycles. The Hall–Kier alpha value is -2.10. The lowest BCUT2D eigenvalue weighted by molar-refractivity contribution is -0.146. The minimum atomic E-state index is -4.88. The van der Waals surface area contributed by atoms with Gasteiger partial charge < -0.3 is 9.47 Å². The summed E-state index contributed by atoms with van der Waals surface area (Å²) in [5.74, 6) is -0.507. The van der Waals surface area contributed by atoms with E-state index in [9.17, 15) is 27.6 Å². The first-order valence-corrected chi connectivity index (χ1v) is 6.40. The molecular weight excluding hydrogens is 309 g/mol. The van der Waals surface area contributed by atoms with Crippen LogP contribution in [-0.2, 0) is 20.4 Å². The number of esters is 1. The lowest BCUT2D eigenvalue weighted by atomic mass is 10.2. The molecule has 2 rings (SSSR count). The van der Waals surface area contributed by atoms with Crippen molar-refractivity contribution in [1.82, 2.24) is 9.55 Å². The normalized spacial score (nSPS) is 21.8. The minimum Gasteiger partial charge on any atom is -0.463 e. The largest absolute Gasteiger partial charge is 0.463 e. The number of hydrogen-bond acceptors (Lipinski definition) is 5. The Morgan fingerprint density at radius 2 is 2.14 bits per heavy atom. The van der Waals surface area contributed by atoms with Gasteiger partial charge in [0, 0.05) is 13.1 Å². The zero-order valence-electron chi connectivity index (χ0n) is 11.5. The third kappa shape index (κ3) is 3.56.